The van der Waals surface area contributed by atoms with E-state index in [-0.39, 0.29) is 11.6 Å². The number of fused-ring (bicyclic) bond motifs is 1. The molecular weight excluding hydrogens is 406 g/mol. The zero-order chi connectivity index (χ0) is 21.1. The largest absolute Gasteiger partial charge is 0.492 e. The Hall–Kier alpha value is -2.77. The Morgan fingerprint density at radius 3 is 2.83 bits per heavy atom. The predicted octanol–water partition coefficient (Wildman–Crippen LogP) is 4.34. The fourth-order valence-corrected chi connectivity index (χ4v) is 3.92. The molecule has 7 nitrogen and oxygen atoms in total. The molecule has 1 saturated heterocycles. The number of carboxylic acid groups (broad SMARTS) is 1. The van der Waals surface area contributed by atoms with Crippen LogP contribution in [0.5, 0.6) is 5.75 Å². The van der Waals surface area contributed by atoms with Crippen molar-refractivity contribution in [1.29, 1.82) is 0 Å². The molecular formula is C22H24ClN3O4. The zero-order valence-corrected chi connectivity index (χ0v) is 17.5. The average molecular weight is 430 g/mol. The van der Waals surface area contributed by atoms with Crippen molar-refractivity contribution in [3.05, 3.63) is 52.5 Å². The molecule has 4 rings (SSSR count). The normalized spacial score (nSPS) is 14.7. The molecule has 1 aliphatic heterocycles. The number of piperidine rings is 1. The number of hydrogen-bond donors (Lipinski definition) is 2. The van der Waals surface area contributed by atoms with Gasteiger partial charge < -0.3 is 24.5 Å². The molecule has 1 aliphatic rings. The molecule has 0 spiro atoms. The average Bonchev–Trinajstić information content (AvgIpc) is 3.18. The molecule has 0 radical (unpaired) electrons. The van der Waals surface area contributed by atoms with Crippen LogP contribution in [0.4, 0.5) is 6.01 Å². The smallest absolute Gasteiger partial charge is 0.335 e. The Labute approximate surface area is 179 Å². The summed E-state index contributed by atoms with van der Waals surface area (Å²) in [5, 5.41) is 13.2. The van der Waals surface area contributed by atoms with E-state index in [1.165, 1.54) is 6.07 Å². The quantitative estimate of drug-likeness (QED) is 0.577. The first kappa shape index (κ1) is 20.5. The van der Waals surface area contributed by atoms with E-state index in [2.05, 4.69) is 15.2 Å². The van der Waals surface area contributed by atoms with Crippen molar-refractivity contribution < 1.29 is 19.1 Å². The number of aromatic nitrogens is 1. The summed E-state index contributed by atoms with van der Waals surface area (Å²) in [6, 6.07) is 11.3. The molecule has 2 heterocycles. The summed E-state index contributed by atoms with van der Waals surface area (Å²) in [4.78, 5) is 18.1. The minimum Gasteiger partial charge on any atom is -0.492 e. The number of hydrogen-bond acceptors (Lipinski definition) is 6. The number of nitrogens with zero attached hydrogens (tertiary/aromatic N) is 2. The molecule has 1 aromatic heterocycles. The lowest BCUT2D eigenvalue weighted by atomic mass is 10.0. The number of carbonyl (C=O) groups is 1. The van der Waals surface area contributed by atoms with Gasteiger partial charge in [0.2, 0.25) is 0 Å². The van der Waals surface area contributed by atoms with Crippen molar-refractivity contribution in [3.63, 3.8) is 0 Å². The van der Waals surface area contributed by atoms with Crippen molar-refractivity contribution >= 4 is 34.7 Å². The highest BCUT2D eigenvalue weighted by Crippen LogP contribution is 2.31. The second-order valence-electron chi connectivity index (χ2n) is 7.29. The second-order valence-corrected chi connectivity index (χ2v) is 7.70. The lowest BCUT2D eigenvalue weighted by Gasteiger charge is -2.33. The van der Waals surface area contributed by atoms with E-state index in [4.69, 9.17) is 20.8 Å². The maximum absolute atomic E-state index is 11.3. The van der Waals surface area contributed by atoms with E-state index in [0.717, 1.165) is 31.5 Å². The van der Waals surface area contributed by atoms with Crippen LogP contribution in [0.25, 0.3) is 11.1 Å². The van der Waals surface area contributed by atoms with Crippen LogP contribution >= 0.6 is 11.6 Å². The SMILES string of the molecule is CCOc1cc(CN(c2nc3ccc(C(=O)O)cc3o2)C2CCNCC2)ccc1Cl. The summed E-state index contributed by atoms with van der Waals surface area (Å²) in [6.07, 6.45) is 1.93. The van der Waals surface area contributed by atoms with E-state index in [0.29, 0.717) is 41.0 Å². The summed E-state index contributed by atoms with van der Waals surface area (Å²) in [6.45, 7) is 4.90. The summed E-state index contributed by atoms with van der Waals surface area (Å²) in [5.74, 6) is -0.333. The van der Waals surface area contributed by atoms with Gasteiger partial charge in [-0.25, -0.2) is 4.79 Å². The molecule has 3 aromatic rings. The highest BCUT2D eigenvalue weighted by atomic mass is 35.5. The lowest BCUT2D eigenvalue weighted by molar-refractivity contribution is 0.0697. The van der Waals surface area contributed by atoms with Crippen molar-refractivity contribution in [3.8, 4) is 5.75 Å². The first-order chi connectivity index (χ1) is 14.5. The molecule has 0 atom stereocenters. The molecule has 0 saturated carbocycles. The van der Waals surface area contributed by atoms with E-state index < -0.39 is 5.97 Å². The van der Waals surface area contributed by atoms with Crippen LogP contribution in [0.1, 0.15) is 35.7 Å². The van der Waals surface area contributed by atoms with Crippen LogP contribution in [0.15, 0.2) is 40.8 Å². The number of anilines is 1. The van der Waals surface area contributed by atoms with Crippen molar-refractivity contribution in [2.24, 2.45) is 0 Å². The molecule has 0 bridgehead atoms. The van der Waals surface area contributed by atoms with Gasteiger partial charge in [-0.05, 0) is 68.8 Å². The lowest BCUT2D eigenvalue weighted by Crippen LogP contribution is -2.43. The Morgan fingerprint density at radius 1 is 1.30 bits per heavy atom. The van der Waals surface area contributed by atoms with Gasteiger partial charge in [-0.15, -0.1) is 0 Å². The molecule has 2 aromatic carbocycles. The summed E-state index contributed by atoms with van der Waals surface area (Å²) >= 11 is 6.25. The number of halogens is 1. The predicted molar refractivity (Wildman–Crippen MR) is 116 cm³/mol. The summed E-state index contributed by atoms with van der Waals surface area (Å²) < 4.78 is 11.7. The van der Waals surface area contributed by atoms with Gasteiger partial charge in [0.25, 0.3) is 6.01 Å². The molecule has 30 heavy (non-hydrogen) atoms. The van der Waals surface area contributed by atoms with E-state index in [1.807, 2.05) is 25.1 Å². The van der Waals surface area contributed by atoms with Gasteiger partial charge in [0.05, 0.1) is 17.2 Å². The van der Waals surface area contributed by atoms with Gasteiger partial charge in [-0.1, -0.05) is 17.7 Å². The van der Waals surface area contributed by atoms with Crippen LogP contribution in [-0.2, 0) is 6.54 Å². The second kappa shape index (κ2) is 8.93. The number of oxazole rings is 1. The Balaban J connectivity index is 1.69. The standard InChI is InChI=1S/C22H24ClN3O4/c1-2-29-19-11-14(3-5-17(19)23)13-26(16-7-9-24-10-8-16)22-25-18-6-4-15(21(27)28)12-20(18)30-22/h3-6,11-12,16,24H,2,7-10,13H2,1H3,(H,27,28). The third kappa shape index (κ3) is 4.37. The minimum atomic E-state index is -0.991. The van der Waals surface area contributed by atoms with Crippen molar-refractivity contribution in [2.45, 2.75) is 32.4 Å². The Kier molecular flexibility index (Phi) is 6.11. The van der Waals surface area contributed by atoms with E-state index in [9.17, 15) is 9.90 Å². The van der Waals surface area contributed by atoms with E-state index >= 15 is 0 Å². The first-order valence-corrected chi connectivity index (χ1v) is 10.5. The minimum absolute atomic E-state index is 0.178. The van der Waals surface area contributed by atoms with Gasteiger partial charge in [0.15, 0.2) is 5.58 Å². The summed E-state index contributed by atoms with van der Waals surface area (Å²) in [5.41, 5.74) is 2.32. The van der Waals surface area contributed by atoms with Gasteiger partial charge in [0, 0.05) is 12.6 Å². The van der Waals surface area contributed by atoms with Gasteiger partial charge in [0.1, 0.15) is 11.3 Å². The number of ether oxygens (including phenoxy) is 1. The molecule has 0 amide bonds. The molecule has 2 N–H and O–H groups in total. The van der Waals surface area contributed by atoms with Crippen LogP contribution in [0.2, 0.25) is 5.02 Å². The maximum atomic E-state index is 11.3. The van der Waals surface area contributed by atoms with Crippen molar-refractivity contribution in [2.75, 3.05) is 24.6 Å². The highest BCUT2D eigenvalue weighted by Gasteiger charge is 2.26. The molecule has 8 heteroatoms. The van der Waals surface area contributed by atoms with E-state index in [1.54, 1.807) is 12.1 Å². The Bertz CT molecular complexity index is 1050. The van der Waals surface area contributed by atoms with Crippen LogP contribution < -0.4 is 15.0 Å². The molecule has 0 unspecified atom stereocenters. The zero-order valence-electron chi connectivity index (χ0n) is 16.7. The number of nitrogens with one attached hydrogen (secondary N) is 1. The topological polar surface area (TPSA) is 87.8 Å². The Morgan fingerprint density at radius 2 is 2.10 bits per heavy atom. The number of benzene rings is 2. The van der Waals surface area contributed by atoms with Crippen LogP contribution in [0, 0.1) is 0 Å². The van der Waals surface area contributed by atoms with Crippen LogP contribution in [-0.4, -0.2) is 41.8 Å². The number of aromatic carboxylic acids is 1. The van der Waals surface area contributed by atoms with Gasteiger partial charge in [-0.2, -0.15) is 4.98 Å². The number of rotatable bonds is 7. The fourth-order valence-electron chi connectivity index (χ4n) is 3.75. The maximum Gasteiger partial charge on any atom is 0.335 e. The van der Waals surface area contributed by atoms with Crippen molar-refractivity contribution in [1.82, 2.24) is 10.3 Å². The highest BCUT2D eigenvalue weighted by molar-refractivity contribution is 6.32. The monoisotopic (exact) mass is 429 g/mol. The van der Waals surface area contributed by atoms with Gasteiger partial charge in [-0.3, -0.25) is 0 Å². The summed E-state index contributed by atoms with van der Waals surface area (Å²) in [7, 11) is 0. The first-order valence-electron chi connectivity index (χ1n) is 10.1. The molecule has 1 fully saturated rings. The third-order valence-electron chi connectivity index (χ3n) is 5.27. The molecule has 158 valence electrons. The van der Waals surface area contributed by atoms with Gasteiger partial charge >= 0.3 is 5.97 Å². The van der Waals surface area contributed by atoms with Crippen LogP contribution in [0.3, 0.4) is 0 Å². The molecule has 0 aliphatic carbocycles. The third-order valence-corrected chi connectivity index (χ3v) is 5.58. The fraction of sp³-hybridized carbons (Fsp3) is 0.364. The number of carboxylic acids is 1.